The van der Waals surface area contributed by atoms with Gasteiger partial charge in [0.2, 0.25) is 0 Å². The van der Waals surface area contributed by atoms with Gasteiger partial charge in [-0.1, -0.05) is 59.6 Å². The molecule has 0 radical (unpaired) electrons. The number of hydrogen-bond acceptors (Lipinski definition) is 0. The van der Waals surface area contributed by atoms with E-state index in [1.807, 2.05) is 6.07 Å². The van der Waals surface area contributed by atoms with Crippen molar-refractivity contribution in [2.24, 2.45) is 5.92 Å². The zero-order valence-corrected chi connectivity index (χ0v) is 13.2. The van der Waals surface area contributed by atoms with Gasteiger partial charge in [-0.3, -0.25) is 0 Å². The summed E-state index contributed by atoms with van der Waals surface area (Å²) >= 11 is 0. The van der Waals surface area contributed by atoms with Gasteiger partial charge in [-0.25, -0.2) is 4.39 Å². The molecule has 0 bridgehead atoms. The minimum Gasteiger partial charge on any atom is -0.207 e. The van der Waals surface area contributed by atoms with E-state index in [0.29, 0.717) is 5.92 Å². The van der Waals surface area contributed by atoms with Crippen LogP contribution in [0.15, 0.2) is 18.2 Å². The number of halogens is 1. The fraction of sp³-hybridized carbons (Fsp3) is 0.667. The second kappa shape index (κ2) is 7.07. The highest BCUT2D eigenvalue weighted by atomic mass is 19.1. The molecule has 0 heterocycles. The van der Waals surface area contributed by atoms with Crippen molar-refractivity contribution in [2.75, 3.05) is 0 Å². The molecular formula is C18H29F. The van der Waals surface area contributed by atoms with Crippen LogP contribution in [0.25, 0.3) is 0 Å². The summed E-state index contributed by atoms with van der Waals surface area (Å²) in [6.45, 7) is 10.9. The molecule has 1 rings (SSSR count). The molecule has 0 saturated heterocycles. The van der Waals surface area contributed by atoms with Gasteiger partial charge in [0.05, 0.1) is 0 Å². The van der Waals surface area contributed by atoms with Crippen LogP contribution in [0.2, 0.25) is 0 Å². The lowest BCUT2D eigenvalue weighted by Crippen LogP contribution is -2.21. The molecule has 0 nitrogen and oxygen atoms in total. The first-order valence-corrected chi connectivity index (χ1v) is 7.79. The fourth-order valence-corrected chi connectivity index (χ4v) is 2.72. The molecular weight excluding hydrogens is 235 g/mol. The summed E-state index contributed by atoms with van der Waals surface area (Å²) in [4.78, 5) is 0. The molecule has 0 aliphatic carbocycles. The van der Waals surface area contributed by atoms with E-state index in [9.17, 15) is 4.39 Å². The van der Waals surface area contributed by atoms with Gasteiger partial charge < -0.3 is 0 Å². The molecule has 0 aromatic heterocycles. The van der Waals surface area contributed by atoms with Crippen molar-refractivity contribution in [1.29, 1.82) is 0 Å². The lowest BCUT2D eigenvalue weighted by molar-refractivity contribution is 0.414. The van der Waals surface area contributed by atoms with E-state index in [2.05, 4.69) is 40.7 Å². The summed E-state index contributed by atoms with van der Waals surface area (Å²) in [6.07, 6.45) is 5.29. The topological polar surface area (TPSA) is 0 Å². The Kier molecular flexibility index (Phi) is 6.03. The lowest BCUT2D eigenvalue weighted by atomic mass is 9.77. The first-order valence-electron chi connectivity index (χ1n) is 7.79. The maximum absolute atomic E-state index is 14.4. The highest BCUT2D eigenvalue weighted by Crippen LogP contribution is 2.33. The van der Waals surface area contributed by atoms with Crippen LogP contribution in [0.3, 0.4) is 0 Å². The second-order valence-electron chi connectivity index (χ2n) is 5.97. The Balaban J connectivity index is 2.97. The molecule has 0 saturated carbocycles. The molecule has 0 unspecified atom stereocenters. The third-order valence-electron chi connectivity index (χ3n) is 4.92. The lowest BCUT2D eigenvalue weighted by Gasteiger charge is -2.28. The summed E-state index contributed by atoms with van der Waals surface area (Å²) < 4.78 is 14.4. The Hall–Kier alpha value is -0.850. The fourth-order valence-electron chi connectivity index (χ4n) is 2.72. The Bertz CT molecular complexity index is 387. The molecule has 0 aliphatic heterocycles. The largest absolute Gasteiger partial charge is 0.207 e. The molecule has 1 aromatic carbocycles. The van der Waals surface area contributed by atoms with Gasteiger partial charge in [0.1, 0.15) is 5.82 Å². The zero-order chi connectivity index (χ0) is 14.5. The molecule has 0 fully saturated rings. The molecule has 0 aliphatic rings. The molecule has 0 spiro atoms. The van der Waals surface area contributed by atoms with E-state index in [1.54, 1.807) is 6.07 Å². The third-order valence-corrected chi connectivity index (χ3v) is 4.92. The van der Waals surface area contributed by atoms with Gasteiger partial charge in [0.25, 0.3) is 0 Å². The predicted octanol–water partition coefficient (Wildman–Crippen LogP) is 5.88. The third kappa shape index (κ3) is 3.81. The Morgan fingerprint density at radius 3 is 2.05 bits per heavy atom. The van der Waals surface area contributed by atoms with E-state index in [4.69, 9.17) is 0 Å². The van der Waals surface area contributed by atoms with Crippen molar-refractivity contribution in [3.63, 3.8) is 0 Å². The summed E-state index contributed by atoms with van der Waals surface area (Å²) in [6, 6.07) is 5.90. The van der Waals surface area contributed by atoms with Crippen LogP contribution >= 0.6 is 0 Å². The van der Waals surface area contributed by atoms with Crippen molar-refractivity contribution in [1.82, 2.24) is 0 Å². The van der Waals surface area contributed by atoms with Crippen LogP contribution in [0.4, 0.5) is 4.39 Å². The van der Waals surface area contributed by atoms with Gasteiger partial charge in [0.15, 0.2) is 0 Å². The Labute approximate surface area is 118 Å². The highest BCUT2D eigenvalue weighted by molar-refractivity contribution is 5.30. The van der Waals surface area contributed by atoms with E-state index >= 15 is 0 Å². The van der Waals surface area contributed by atoms with E-state index in [0.717, 1.165) is 30.4 Å². The van der Waals surface area contributed by atoms with Crippen LogP contribution in [0, 0.1) is 11.7 Å². The quantitative estimate of drug-likeness (QED) is 0.576. The molecule has 1 heteroatoms. The SMILES string of the molecule is CCC(CC)Cc1ccc(C(C)(CC)CC)c(F)c1. The van der Waals surface area contributed by atoms with Gasteiger partial charge in [-0.05, 0) is 47.8 Å². The molecule has 1 aromatic rings. The maximum Gasteiger partial charge on any atom is 0.127 e. The summed E-state index contributed by atoms with van der Waals surface area (Å²) in [7, 11) is 0. The first kappa shape index (κ1) is 16.2. The smallest absolute Gasteiger partial charge is 0.127 e. The van der Waals surface area contributed by atoms with Crippen molar-refractivity contribution < 1.29 is 4.39 Å². The Morgan fingerprint density at radius 1 is 1.05 bits per heavy atom. The van der Waals surface area contributed by atoms with Crippen LogP contribution in [-0.2, 0) is 11.8 Å². The second-order valence-corrected chi connectivity index (χ2v) is 5.97. The molecule has 0 N–H and O–H groups in total. The zero-order valence-electron chi connectivity index (χ0n) is 13.2. The van der Waals surface area contributed by atoms with Gasteiger partial charge in [0, 0.05) is 0 Å². The summed E-state index contributed by atoms with van der Waals surface area (Å²) in [5.74, 6) is 0.656. The van der Waals surface area contributed by atoms with Gasteiger partial charge >= 0.3 is 0 Å². The van der Waals surface area contributed by atoms with Gasteiger partial charge in [-0.2, -0.15) is 0 Å². The van der Waals surface area contributed by atoms with Crippen LogP contribution in [-0.4, -0.2) is 0 Å². The highest BCUT2D eigenvalue weighted by Gasteiger charge is 2.25. The van der Waals surface area contributed by atoms with Crippen molar-refractivity contribution in [2.45, 2.75) is 72.1 Å². The molecule has 108 valence electrons. The minimum absolute atomic E-state index is 0.0188. The standard InChI is InChI=1S/C18H29F/c1-6-14(7-2)12-15-10-11-16(17(19)13-15)18(5,8-3)9-4/h10-11,13-14H,6-9,12H2,1-5H3. The first-order chi connectivity index (χ1) is 9.00. The van der Waals surface area contributed by atoms with Crippen molar-refractivity contribution >= 4 is 0 Å². The summed E-state index contributed by atoms with van der Waals surface area (Å²) in [5.41, 5.74) is 1.99. The number of rotatable bonds is 7. The normalized spacial score (nSPS) is 12.2. The maximum atomic E-state index is 14.4. The average molecular weight is 264 g/mol. The Morgan fingerprint density at radius 2 is 1.63 bits per heavy atom. The molecule has 0 atom stereocenters. The molecule has 0 amide bonds. The van der Waals surface area contributed by atoms with E-state index < -0.39 is 0 Å². The van der Waals surface area contributed by atoms with Crippen molar-refractivity contribution in [3.05, 3.63) is 35.1 Å². The van der Waals surface area contributed by atoms with Gasteiger partial charge in [-0.15, -0.1) is 0 Å². The summed E-state index contributed by atoms with van der Waals surface area (Å²) in [5, 5.41) is 0. The van der Waals surface area contributed by atoms with Crippen LogP contribution < -0.4 is 0 Å². The van der Waals surface area contributed by atoms with Crippen molar-refractivity contribution in [3.8, 4) is 0 Å². The average Bonchev–Trinajstić information content (AvgIpc) is 2.44. The minimum atomic E-state index is -0.0302. The number of hydrogen-bond donors (Lipinski definition) is 0. The van der Waals surface area contributed by atoms with Crippen LogP contribution in [0.1, 0.15) is 71.4 Å². The monoisotopic (exact) mass is 264 g/mol. The molecule has 19 heavy (non-hydrogen) atoms. The number of benzene rings is 1. The predicted molar refractivity (Wildman–Crippen MR) is 82.1 cm³/mol. The van der Waals surface area contributed by atoms with E-state index in [1.165, 1.54) is 12.8 Å². The van der Waals surface area contributed by atoms with Crippen LogP contribution in [0.5, 0.6) is 0 Å². The van der Waals surface area contributed by atoms with E-state index in [-0.39, 0.29) is 11.2 Å².